The number of hydrogen-bond donors (Lipinski definition) is 0. The van der Waals surface area contributed by atoms with Gasteiger partial charge in [0.05, 0.1) is 0 Å². The molecule has 0 radical (unpaired) electrons. The molecule has 4 rings (SSSR count). The molecule has 2 unspecified atom stereocenters. The molecule has 0 N–H and O–H groups in total. The van der Waals surface area contributed by atoms with Crippen molar-refractivity contribution < 1.29 is 0 Å². The maximum absolute atomic E-state index is 4.31. The lowest BCUT2D eigenvalue weighted by Crippen LogP contribution is -2.34. The minimum Gasteiger partial charge on any atom is -0.298 e. The van der Waals surface area contributed by atoms with Crippen LogP contribution in [-0.2, 0) is 6.54 Å². The van der Waals surface area contributed by atoms with Crippen LogP contribution < -0.4 is 0 Å². The van der Waals surface area contributed by atoms with Crippen molar-refractivity contribution in [2.45, 2.75) is 24.8 Å². The first-order valence-corrected chi connectivity index (χ1v) is 7.10. The number of hydrogen-bond acceptors (Lipinski definition) is 2. The van der Waals surface area contributed by atoms with Crippen molar-refractivity contribution in [3.63, 3.8) is 0 Å². The molecule has 2 heterocycles. The van der Waals surface area contributed by atoms with Crippen molar-refractivity contribution in [2.24, 2.45) is 0 Å². The fourth-order valence-electron chi connectivity index (χ4n) is 3.74. The lowest BCUT2D eigenvalue weighted by atomic mass is 9.95. The summed E-state index contributed by atoms with van der Waals surface area (Å²) < 4.78 is 0. The summed E-state index contributed by atoms with van der Waals surface area (Å²) in [6, 6.07) is 13.0. The van der Waals surface area contributed by atoms with Crippen LogP contribution in [0.15, 0.2) is 48.8 Å². The normalized spacial score (nSPS) is 25.3. The van der Waals surface area contributed by atoms with Gasteiger partial charge in [-0.2, -0.15) is 0 Å². The van der Waals surface area contributed by atoms with E-state index in [1.807, 2.05) is 6.20 Å². The fraction of sp³-hybridized carbons (Fsp3) is 0.353. The quantitative estimate of drug-likeness (QED) is 0.814. The smallest absolute Gasteiger partial charge is 0.0306 e. The number of aromatic nitrogens is 1. The molecule has 1 aliphatic carbocycles. The maximum atomic E-state index is 4.31. The van der Waals surface area contributed by atoms with Gasteiger partial charge in [-0.25, -0.2) is 0 Å². The first kappa shape index (κ1) is 11.2. The van der Waals surface area contributed by atoms with Crippen LogP contribution in [0.4, 0.5) is 0 Å². The van der Waals surface area contributed by atoms with E-state index in [1.54, 1.807) is 5.56 Å². The van der Waals surface area contributed by atoms with E-state index in [0.29, 0.717) is 5.92 Å². The molecule has 0 spiro atoms. The monoisotopic (exact) mass is 250 g/mol. The van der Waals surface area contributed by atoms with E-state index < -0.39 is 0 Å². The molecule has 2 bridgehead atoms. The molecular weight excluding hydrogens is 232 g/mol. The van der Waals surface area contributed by atoms with E-state index in [2.05, 4.69) is 52.5 Å². The molecule has 2 atom stereocenters. The SMILES string of the molecule is c1ccc(CN2CC3CC(C2)c2cnccc23)cc1. The van der Waals surface area contributed by atoms with Crippen LogP contribution in [0.1, 0.15) is 34.9 Å². The zero-order chi connectivity index (χ0) is 12.7. The Hall–Kier alpha value is -1.67. The maximum Gasteiger partial charge on any atom is 0.0306 e. The van der Waals surface area contributed by atoms with Crippen LogP contribution in [0.5, 0.6) is 0 Å². The van der Waals surface area contributed by atoms with Gasteiger partial charge in [0.1, 0.15) is 0 Å². The molecule has 1 saturated heterocycles. The van der Waals surface area contributed by atoms with Crippen LogP contribution in [0.3, 0.4) is 0 Å². The van der Waals surface area contributed by atoms with Crippen molar-refractivity contribution >= 4 is 0 Å². The molecule has 0 saturated carbocycles. The zero-order valence-corrected chi connectivity index (χ0v) is 11.0. The topological polar surface area (TPSA) is 16.1 Å². The van der Waals surface area contributed by atoms with Gasteiger partial charge in [-0.1, -0.05) is 30.3 Å². The zero-order valence-electron chi connectivity index (χ0n) is 11.0. The molecule has 1 aromatic carbocycles. The molecule has 1 aliphatic heterocycles. The van der Waals surface area contributed by atoms with Crippen molar-refractivity contribution in [2.75, 3.05) is 13.1 Å². The summed E-state index contributed by atoms with van der Waals surface area (Å²) in [6.07, 6.45) is 5.36. The third-order valence-corrected chi connectivity index (χ3v) is 4.54. The Labute approximate surface area is 114 Å². The van der Waals surface area contributed by atoms with Crippen molar-refractivity contribution in [3.8, 4) is 0 Å². The van der Waals surface area contributed by atoms with E-state index in [1.165, 1.54) is 30.6 Å². The van der Waals surface area contributed by atoms with Crippen LogP contribution in [0, 0.1) is 0 Å². The Balaban J connectivity index is 1.55. The Kier molecular flexibility index (Phi) is 2.63. The summed E-state index contributed by atoms with van der Waals surface area (Å²) in [4.78, 5) is 6.91. The average molecular weight is 250 g/mol. The number of piperidine rings is 1. The van der Waals surface area contributed by atoms with E-state index in [9.17, 15) is 0 Å². The Bertz CT molecular complexity index is 548. The van der Waals surface area contributed by atoms with Gasteiger partial charge in [-0.15, -0.1) is 0 Å². The first-order valence-electron chi connectivity index (χ1n) is 7.10. The molecule has 1 aromatic heterocycles. The van der Waals surface area contributed by atoms with Crippen LogP contribution >= 0.6 is 0 Å². The Morgan fingerprint density at radius 1 is 1.00 bits per heavy atom. The summed E-state index contributed by atoms with van der Waals surface area (Å²) >= 11 is 0. The van der Waals surface area contributed by atoms with E-state index in [4.69, 9.17) is 0 Å². The second-order valence-corrected chi connectivity index (χ2v) is 5.81. The highest BCUT2D eigenvalue weighted by atomic mass is 15.1. The number of nitrogens with zero attached hydrogens (tertiary/aromatic N) is 2. The molecule has 0 amide bonds. The number of benzene rings is 1. The predicted molar refractivity (Wildman–Crippen MR) is 76.1 cm³/mol. The second-order valence-electron chi connectivity index (χ2n) is 5.81. The molecule has 19 heavy (non-hydrogen) atoms. The van der Waals surface area contributed by atoms with Crippen molar-refractivity contribution in [3.05, 3.63) is 65.5 Å². The standard InChI is InChI=1S/C17H18N2/c1-2-4-13(5-3-1)10-19-11-14-8-15(12-19)17-9-18-7-6-16(14)17/h1-7,9,14-15H,8,10-12H2. The molecule has 96 valence electrons. The van der Waals surface area contributed by atoms with Crippen molar-refractivity contribution in [1.82, 2.24) is 9.88 Å². The third-order valence-electron chi connectivity index (χ3n) is 4.54. The largest absolute Gasteiger partial charge is 0.298 e. The predicted octanol–water partition coefficient (Wildman–Crippen LogP) is 3.17. The van der Waals surface area contributed by atoms with Gasteiger partial charge < -0.3 is 0 Å². The minimum atomic E-state index is 0.700. The van der Waals surface area contributed by atoms with Gasteiger partial charge in [0.25, 0.3) is 0 Å². The molecule has 2 nitrogen and oxygen atoms in total. The third kappa shape index (κ3) is 1.96. The van der Waals surface area contributed by atoms with E-state index in [-0.39, 0.29) is 0 Å². The van der Waals surface area contributed by atoms with Gasteiger partial charge in [-0.05, 0) is 41.0 Å². The number of fused-ring (bicyclic) bond motifs is 5. The minimum absolute atomic E-state index is 0.700. The first-order chi connectivity index (χ1) is 9.40. The second kappa shape index (κ2) is 4.46. The highest BCUT2D eigenvalue weighted by Crippen LogP contribution is 2.45. The van der Waals surface area contributed by atoms with Crippen molar-refractivity contribution in [1.29, 1.82) is 0 Å². The summed E-state index contributed by atoms with van der Waals surface area (Å²) in [5, 5.41) is 0. The summed E-state index contributed by atoms with van der Waals surface area (Å²) in [6.45, 7) is 3.46. The Morgan fingerprint density at radius 2 is 1.79 bits per heavy atom. The van der Waals surface area contributed by atoms with Crippen LogP contribution in [0.2, 0.25) is 0 Å². The fourth-order valence-corrected chi connectivity index (χ4v) is 3.74. The lowest BCUT2D eigenvalue weighted by molar-refractivity contribution is 0.195. The molecule has 2 aliphatic rings. The van der Waals surface area contributed by atoms with Crippen LogP contribution in [-0.4, -0.2) is 23.0 Å². The number of pyridine rings is 1. The molecule has 1 fully saturated rings. The average Bonchev–Trinajstić information content (AvgIpc) is 2.72. The van der Waals surface area contributed by atoms with Crippen LogP contribution in [0.25, 0.3) is 0 Å². The molecule has 2 aromatic rings. The summed E-state index contributed by atoms with van der Waals surface area (Å²) in [5.41, 5.74) is 4.48. The molecule has 2 heteroatoms. The lowest BCUT2D eigenvalue weighted by Gasteiger charge is -2.32. The highest BCUT2D eigenvalue weighted by Gasteiger charge is 2.37. The summed E-state index contributed by atoms with van der Waals surface area (Å²) in [7, 11) is 0. The number of likely N-dealkylation sites (tertiary alicyclic amines) is 1. The van der Waals surface area contributed by atoms with E-state index in [0.717, 1.165) is 12.5 Å². The van der Waals surface area contributed by atoms with Gasteiger partial charge in [0, 0.05) is 32.0 Å². The van der Waals surface area contributed by atoms with Gasteiger partial charge in [-0.3, -0.25) is 9.88 Å². The van der Waals surface area contributed by atoms with E-state index >= 15 is 0 Å². The Morgan fingerprint density at radius 3 is 2.63 bits per heavy atom. The number of rotatable bonds is 2. The summed E-state index contributed by atoms with van der Waals surface area (Å²) in [5.74, 6) is 1.42. The van der Waals surface area contributed by atoms with Gasteiger partial charge >= 0.3 is 0 Å². The van der Waals surface area contributed by atoms with Gasteiger partial charge in [0.2, 0.25) is 0 Å². The highest BCUT2D eigenvalue weighted by molar-refractivity contribution is 5.38. The van der Waals surface area contributed by atoms with Gasteiger partial charge in [0.15, 0.2) is 0 Å². The molecular formula is C17H18N2.